The van der Waals surface area contributed by atoms with Crippen molar-refractivity contribution in [1.29, 1.82) is 0 Å². The summed E-state index contributed by atoms with van der Waals surface area (Å²) in [4.78, 5) is 0. The summed E-state index contributed by atoms with van der Waals surface area (Å²) in [5.41, 5.74) is 7.04. The van der Waals surface area contributed by atoms with E-state index >= 15 is 0 Å². The summed E-state index contributed by atoms with van der Waals surface area (Å²) in [5.74, 6) is -0.383. The Bertz CT molecular complexity index is 561. The van der Waals surface area contributed by atoms with Gasteiger partial charge in [-0.05, 0) is 30.7 Å². The lowest BCUT2D eigenvalue weighted by molar-refractivity contribution is 0.593. The van der Waals surface area contributed by atoms with Crippen LogP contribution in [0.5, 0.6) is 0 Å². The van der Waals surface area contributed by atoms with Gasteiger partial charge in [-0.3, -0.25) is 0 Å². The quantitative estimate of drug-likeness (QED) is 0.844. The summed E-state index contributed by atoms with van der Waals surface area (Å²) in [7, 11) is 0. The van der Waals surface area contributed by atoms with E-state index in [0.717, 1.165) is 0 Å². The van der Waals surface area contributed by atoms with Gasteiger partial charge in [0.05, 0.1) is 0 Å². The van der Waals surface area contributed by atoms with Crippen LogP contribution in [0.3, 0.4) is 0 Å². The third-order valence-electron chi connectivity index (χ3n) is 2.86. The SMILES string of the molecule is NC(Cc1c(F)cccc1Cl)c1c(Cl)cccc1Cl. The first kappa shape index (κ1) is 14.6. The second-order valence-electron chi connectivity index (χ2n) is 4.15. The molecule has 0 fully saturated rings. The molecular formula is C14H11Cl3FN. The van der Waals surface area contributed by atoms with Gasteiger partial charge in [-0.15, -0.1) is 0 Å². The molecule has 100 valence electrons. The molecule has 0 saturated carbocycles. The molecule has 2 N–H and O–H groups in total. The fourth-order valence-corrected chi connectivity index (χ4v) is 2.83. The minimum atomic E-state index is -0.518. The van der Waals surface area contributed by atoms with E-state index in [1.807, 2.05) is 0 Å². The normalized spacial score (nSPS) is 12.5. The Hall–Kier alpha value is -0.800. The van der Waals surface area contributed by atoms with Crippen molar-refractivity contribution in [1.82, 2.24) is 0 Å². The number of benzene rings is 2. The van der Waals surface area contributed by atoms with Crippen LogP contribution in [0.2, 0.25) is 15.1 Å². The summed E-state index contributed by atoms with van der Waals surface area (Å²) < 4.78 is 13.7. The Kier molecular flexibility index (Phi) is 4.69. The van der Waals surface area contributed by atoms with E-state index in [1.165, 1.54) is 6.07 Å². The summed E-state index contributed by atoms with van der Waals surface area (Å²) in [6, 6.07) is 9.14. The molecule has 0 saturated heterocycles. The number of rotatable bonds is 3. The topological polar surface area (TPSA) is 26.0 Å². The predicted octanol–water partition coefficient (Wildman–Crippen LogP) is 5.03. The Morgan fingerprint density at radius 1 is 0.947 bits per heavy atom. The molecule has 0 aliphatic carbocycles. The smallest absolute Gasteiger partial charge is 0.127 e. The largest absolute Gasteiger partial charge is 0.324 e. The maximum atomic E-state index is 13.7. The molecule has 1 unspecified atom stereocenters. The highest BCUT2D eigenvalue weighted by Crippen LogP contribution is 2.32. The number of hydrogen-bond donors (Lipinski definition) is 1. The zero-order chi connectivity index (χ0) is 14.0. The van der Waals surface area contributed by atoms with Gasteiger partial charge in [-0.25, -0.2) is 4.39 Å². The fourth-order valence-electron chi connectivity index (χ4n) is 1.91. The molecule has 5 heteroatoms. The number of nitrogens with two attached hydrogens (primary N) is 1. The lowest BCUT2D eigenvalue weighted by Gasteiger charge is -2.16. The molecule has 2 aromatic rings. The zero-order valence-electron chi connectivity index (χ0n) is 9.84. The van der Waals surface area contributed by atoms with Gasteiger partial charge < -0.3 is 5.73 Å². The van der Waals surface area contributed by atoms with Crippen LogP contribution < -0.4 is 5.73 Å². The molecule has 1 nitrogen and oxygen atoms in total. The first-order valence-corrected chi connectivity index (χ1v) is 6.76. The summed E-state index contributed by atoms with van der Waals surface area (Å²) in [5, 5.41) is 1.28. The predicted molar refractivity (Wildman–Crippen MR) is 78.5 cm³/mol. The Morgan fingerprint density at radius 2 is 1.47 bits per heavy atom. The van der Waals surface area contributed by atoms with Crippen LogP contribution in [-0.2, 0) is 6.42 Å². The van der Waals surface area contributed by atoms with Gasteiger partial charge in [0.15, 0.2) is 0 Å². The van der Waals surface area contributed by atoms with Gasteiger partial charge in [0.1, 0.15) is 5.82 Å². The van der Waals surface area contributed by atoms with E-state index in [0.29, 0.717) is 26.2 Å². The molecule has 0 spiro atoms. The van der Waals surface area contributed by atoms with Gasteiger partial charge in [-0.1, -0.05) is 46.9 Å². The summed E-state index contributed by atoms with van der Waals surface area (Å²) >= 11 is 18.1. The summed E-state index contributed by atoms with van der Waals surface area (Å²) in [6.07, 6.45) is 0.231. The first-order valence-electron chi connectivity index (χ1n) is 5.63. The average molecular weight is 319 g/mol. The Morgan fingerprint density at radius 3 is 2.05 bits per heavy atom. The Balaban J connectivity index is 2.34. The molecule has 0 aromatic heterocycles. The van der Waals surface area contributed by atoms with Gasteiger partial charge in [0, 0.05) is 32.2 Å². The molecule has 0 bridgehead atoms. The molecule has 19 heavy (non-hydrogen) atoms. The van der Waals surface area contributed by atoms with Gasteiger partial charge >= 0.3 is 0 Å². The minimum Gasteiger partial charge on any atom is -0.324 e. The van der Waals surface area contributed by atoms with E-state index in [1.54, 1.807) is 30.3 Å². The van der Waals surface area contributed by atoms with Crippen molar-refractivity contribution in [2.24, 2.45) is 5.73 Å². The second kappa shape index (κ2) is 6.10. The molecule has 0 amide bonds. The van der Waals surface area contributed by atoms with Crippen molar-refractivity contribution >= 4 is 34.8 Å². The van der Waals surface area contributed by atoms with E-state index in [2.05, 4.69) is 0 Å². The van der Waals surface area contributed by atoms with Crippen molar-refractivity contribution < 1.29 is 4.39 Å². The first-order chi connectivity index (χ1) is 9.00. The van der Waals surface area contributed by atoms with Crippen molar-refractivity contribution in [2.75, 3.05) is 0 Å². The average Bonchev–Trinajstić information content (AvgIpc) is 2.34. The van der Waals surface area contributed by atoms with Crippen LogP contribution in [0, 0.1) is 5.82 Å². The molecule has 0 heterocycles. The lowest BCUT2D eigenvalue weighted by atomic mass is 9.99. The van der Waals surface area contributed by atoms with Crippen LogP contribution in [-0.4, -0.2) is 0 Å². The van der Waals surface area contributed by atoms with Crippen molar-refractivity contribution in [2.45, 2.75) is 12.5 Å². The van der Waals surface area contributed by atoms with E-state index in [9.17, 15) is 4.39 Å². The van der Waals surface area contributed by atoms with Crippen molar-refractivity contribution in [3.63, 3.8) is 0 Å². The van der Waals surface area contributed by atoms with Crippen LogP contribution in [0.15, 0.2) is 36.4 Å². The molecule has 0 radical (unpaired) electrons. The number of hydrogen-bond acceptors (Lipinski definition) is 1. The molecular weight excluding hydrogens is 308 g/mol. The molecule has 2 rings (SSSR count). The highest BCUT2D eigenvalue weighted by molar-refractivity contribution is 6.36. The second-order valence-corrected chi connectivity index (χ2v) is 5.37. The van der Waals surface area contributed by atoms with Gasteiger partial charge in [-0.2, -0.15) is 0 Å². The maximum Gasteiger partial charge on any atom is 0.127 e. The highest BCUT2D eigenvalue weighted by Gasteiger charge is 2.17. The molecule has 0 aliphatic heterocycles. The van der Waals surface area contributed by atoms with Gasteiger partial charge in [0.2, 0.25) is 0 Å². The monoisotopic (exact) mass is 317 g/mol. The molecule has 0 aliphatic rings. The summed E-state index contributed by atoms with van der Waals surface area (Å²) in [6.45, 7) is 0. The van der Waals surface area contributed by atoms with E-state index < -0.39 is 6.04 Å². The number of halogens is 4. The third kappa shape index (κ3) is 3.21. The Labute approximate surface area is 126 Å². The lowest BCUT2D eigenvalue weighted by Crippen LogP contribution is -2.15. The van der Waals surface area contributed by atoms with E-state index in [4.69, 9.17) is 40.5 Å². The zero-order valence-corrected chi connectivity index (χ0v) is 12.1. The maximum absolute atomic E-state index is 13.7. The van der Waals surface area contributed by atoms with Crippen molar-refractivity contribution in [3.8, 4) is 0 Å². The highest BCUT2D eigenvalue weighted by atomic mass is 35.5. The van der Waals surface area contributed by atoms with E-state index in [-0.39, 0.29) is 12.2 Å². The minimum absolute atomic E-state index is 0.231. The van der Waals surface area contributed by atoms with Crippen LogP contribution in [0.25, 0.3) is 0 Å². The standard InChI is InChI=1S/C14H11Cl3FN/c15-9-3-2-6-12(18)8(9)7-13(19)14-10(16)4-1-5-11(14)17/h1-6,13H,7,19H2. The fraction of sp³-hybridized carbons (Fsp3) is 0.143. The third-order valence-corrected chi connectivity index (χ3v) is 3.87. The van der Waals surface area contributed by atoms with Crippen LogP contribution in [0.1, 0.15) is 17.2 Å². The molecule has 2 aromatic carbocycles. The van der Waals surface area contributed by atoms with Crippen LogP contribution >= 0.6 is 34.8 Å². The van der Waals surface area contributed by atoms with Gasteiger partial charge in [0.25, 0.3) is 0 Å². The molecule has 1 atom stereocenters. The van der Waals surface area contributed by atoms with Crippen LogP contribution in [0.4, 0.5) is 4.39 Å². The van der Waals surface area contributed by atoms with Crippen molar-refractivity contribution in [3.05, 3.63) is 68.4 Å².